The Morgan fingerprint density at radius 1 is 1.38 bits per heavy atom. The molecule has 0 saturated carbocycles. The Balaban J connectivity index is 2.75. The maximum Gasteiger partial charge on any atom is 0.176 e. The number of nitrogens with zero attached hydrogens (tertiary/aromatic N) is 3. The molecule has 0 aliphatic heterocycles. The zero-order chi connectivity index (χ0) is 9.42. The van der Waals surface area contributed by atoms with Gasteiger partial charge in [-0.1, -0.05) is 18.5 Å². The van der Waals surface area contributed by atoms with E-state index >= 15 is 0 Å². The van der Waals surface area contributed by atoms with Crippen molar-refractivity contribution >= 4 is 49.2 Å². The average molecular weight is 279 g/mol. The minimum atomic E-state index is 0.491. The molecular formula is C7H5BrClN3S. The molecule has 6 heteroatoms. The summed E-state index contributed by atoms with van der Waals surface area (Å²) in [7, 11) is 0. The minimum absolute atomic E-state index is 0.491. The molecule has 2 heterocycles. The topological polar surface area (TPSA) is 38.7 Å². The lowest BCUT2D eigenvalue weighted by Crippen LogP contribution is -1.92. The third kappa shape index (κ3) is 1.68. The van der Waals surface area contributed by atoms with Gasteiger partial charge in [-0.05, 0) is 15.9 Å². The maximum atomic E-state index is 5.95. The van der Waals surface area contributed by atoms with Gasteiger partial charge >= 0.3 is 0 Å². The summed E-state index contributed by atoms with van der Waals surface area (Å²) in [6.45, 7) is 1.99. The van der Waals surface area contributed by atoms with E-state index in [0.717, 1.165) is 20.9 Å². The molecule has 68 valence electrons. The predicted molar refractivity (Wildman–Crippen MR) is 57.3 cm³/mol. The number of fused-ring (bicyclic) bond motifs is 1. The smallest absolute Gasteiger partial charge is 0.176 e. The van der Waals surface area contributed by atoms with Gasteiger partial charge in [0.1, 0.15) is 10.5 Å². The molecule has 0 aromatic carbocycles. The standard InChI is InChI=1S/C7H5BrClN3S/c1-2-3-10-5(9)4-6(11-3)12-7(8)13-4/h2H2,1H3. The van der Waals surface area contributed by atoms with E-state index in [4.69, 9.17) is 11.6 Å². The molecule has 0 spiro atoms. The van der Waals surface area contributed by atoms with Crippen molar-refractivity contribution in [3.05, 3.63) is 14.9 Å². The van der Waals surface area contributed by atoms with Gasteiger partial charge in [0, 0.05) is 6.42 Å². The molecule has 0 bridgehead atoms. The van der Waals surface area contributed by atoms with Crippen LogP contribution in [0.3, 0.4) is 0 Å². The van der Waals surface area contributed by atoms with Crippen LogP contribution in [0.1, 0.15) is 12.7 Å². The molecule has 0 saturated heterocycles. The molecule has 13 heavy (non-hydrogen) atoms. The molecule has 0 unspecified atom stereocenters. The lowest BCUT2D eigenvalue weighted by molar-refractivity contribution is 0.956. The summed E-state index contributed by atoms with van der Waals surface area (Å²) in [5, 5.41) is 0.491. The number of rotatable bonds is 1. The first-order valence-corrected chi connectivity index (χ1v) is 5.68. The second-order valence-corrected chi connectivity index (χ2v) is 5.04. The van der Waals surface area contributed by atoms with E-state index in [9.17, 15) is 0 Å². The van der Waals surface area contributed by atoms with E-state index < -0.39 is 0 Å². The van der Waals surface area contributed by atoms with Crippen molar-refractivity contribution in [3.63, 3.8) is 0 Å². The molecular weight excluding hydrogens is 274 g/mol. The van der Waals surface area contributed by atoms with Crippen molar-refractivity contribution in [1.29, 1.82) is 0 Å². The Morgan fingerprint density at radius 2 is 2.15 bits per heavy atom. The highest BCUT2D eigenvalue weighted by atomic mass is 79.9. The summed E-state index contributed by atoms with van der Waals surface area (Å²) in [4.78, 5) is 12.6. The minimum Gasteiger partial charge on any atom is -0.220 e. The van der Waals surface area contributed by atoms with Gasteiger partial charge in [-0.2, -0.15) is 0 Å². The Hall–Kier alpha value is -0.260. The van der Waals surface area contributed by atoms with E-state index in [2.05, 4.69) is 30.9 Å². The molecule has 2 aromatic heterocycles. The zero-order valence-electron chi connectivity index (χ0n) is 6.71. The van der Waals surface area contributed by atoms with Crippen LogP contribution in [0.15, 0.2) is 3.92 Å². The summed E-state index contributed by atoms with van der Waals surface area (Å²) in [5.74, 6) is 0.732. The fourth-order valence-corrected chi connectivity index (χ4v) is 2.53. The second kappa shape index (κ2) is 3.48. The van der Waals surface area contributed by atoms with Crippen LogP contribution in [0.2, 0.25) is 5.15 Å². The molecule has 0 atom stereocenters. The third-order valence-electron chi connectivity index (χ3n) is 1.55. The maximum absolute atomic E-state index is 5.95. The van der Waals surface area contributed by atoms with Gasteiger partial charge in [0.2, 0.25) is 0 Å². The number of aryl methyl sites for hydroxylation is 1. The highest BCUT2D eigenvalue weighted by Gasteiger charge is 2.09. The number of hydrogen-bond acceptors (Lipinski definition) is 4. The van der Waals surface area contributed by atoms with Crippen molar-refractivity contribution < 1.29 is 0 Å². The lowest BCUT2D eigenvalue weighted by Gasteiger charge is -1.95. The van der Waals surface area contributed by atoms with Crippen LogP contribution in [-0.2, 0) is 6.42 Å². The Labute approximate surface area is 92.3 Å². The summed E-state index contributed by atoms with van der Waals surface area (Å²) in [6.07, 6.45) is 0.769. The quantitative estimate of drug-likeness (QED) is 0.753. The van der Waals surface area contributed by atoms with Crippen LogP contribution >= 0.6 is 38.9 Å². The van der Waals surface area contributed by atoms with Crippen molar-refractivity contribution in [3.8, 4) is 0 Å². The second-order valence-electron chi connectivity index (χ2n) is 2.40. The van der Waals surface area contributed by atoms with E-state index in [0.29, 0.717) is 10.8 Å². The van der Waals surface area contributed by atoms with E-state index in [-0.39, 0.29) is 0 Å². The van der Waals surface area contributed by atoms with Gasteiger partial charge in [0.05, 0.1) is 0 Å². The van der Waals surface area contributed by atoms with Gasteiger partial charge in [-0.25, -0.2) is 15.0 Å². The fraction of sp³-hybridized carbons (Fsp3) is 0.286. The third-order valence-corrected chi connectivity index (χ3v) is 3.44. The zero-order valence-corrected chi connectivity index (χ0v) is 9.87. The molecule has 2 rings (SSSR count). The molecule has 0 radical (unpaired) electrons. The first-order chi connectivity index (χ1) is 6.20. The van der Waals surface area contributed by atoms with Crippen molar-refractivity contribution in [2.75, 3.05) is 0 Å². The average Bonchev–Trinajstić information content (AvgIpc) is 2.46. The van der Waals surface area contributed by atoms with Crippen LogP contribution in [0.5, 0.6) is 0 Å². The Kier molecular flexibility index (Phi) is 2.49. The monoisotopic (exact) mass is 277 g/mol. The van der Waals surface area contributed by atoms with Gasteiger partial charge in [-0.15, -0.1) is 11.3 Å². The molecule has 0 N–H and O–H groups in total. The van der Waals surface area contributed by atoms with Crippen LogP contribution in [0, 0.1) is 0 Å². The van der Waals surface area contributed by atoms with Crippen molar-refractivity contribution in [2.24, 2.45) is 0 Å². The first-order valence-electron chi connectivity index (χ1n) is 3.69. The van der Waals surface area contributed by atoms with Crippen molar-refractivity contribution in [2.45, 2.75) is 13.3 Å². The highest BCUT2D eigenvalue weighted by molar-refractivity contribution is 9.11. The van der Waals surface area contributed by atoms with Crippen molar-refractivity contribution in [1.82, 2.24) is 15.0 Å². The summed E-state index contributed by atoms with van der Waals surface area (Å²) in [5.41, 5.74) is 0.675. The van der Waals surface area contributed by atoms with Crippen LogP contribution in [-0.4, -0.2) is 15.0 Å². The summed E-state index contributed by atoms with van der Waals surface area (Å²) in [6, 6.07) is 0. The van der Waals surface area contributed by atoms with E-state index in [1.165, 1.54) is 11.3 Å². The molecule has 0 aliphatic rings. The van der Waals surface area contributed by atoms with Gasteiger partial charge in [0.15, 0.2) is 14.7 Å². The SMILES string of the molecule is CCc1nc(Cl)c2sc(Br)nc2n1. The van der Waals surface area contributed by atoms with Crippen LogP contribution in [0.25, 0.3) is 10.3 Å². The molecule has 0 aliphatic carbocycles. The predicted octanol–water partition coefficient (Wildman–Crippen LogP) is 3.06. The molecule has 3 nitrogen and oxygen atoms in total. The number of hydrogen-bond donors (Lipinski definition) is 0. The van der Waals surface area contributed by atoms with E-state index in [1.54, 1.807) is 0 Å². The molecule has 2 aromatic rings. The lowest BCUT2D eigenvalue weighted by atomic mass is 10.4. The Bertz CT molecular complexity index is 456. The van der Waals surface area contributed by atoms with Gasteiger partial charge < -0.3 is 0 Å². The normalized spacial score (nSPS) is 11.0. The highest BCUT2D eigenvalue weighted by Crippen LogP contribution is 2.29. The van der Waals surface area contributed by atoms with E-state index in [1.807, 2.05) is 6.92 Å². The first kappa shape index (κ1) is 9.30. The van der Waals surface area contributed by atoms with Gasteiger partial charge in [0.25, 0.3) is 0 Å². The molecule has 0 amide bonds. The summed E-state index contributed by atoms with van der Waals surface area (Å²) < 4.78 is 1.62. The van der Waals surface area contributed by atoms with Crippen LogP contribution in [0.4, 0.5) is 0 Å². The van der Waals surface area contributed by atoms with Gasteiger partial charge in [-0.3, -0.25) is 0 Å². The fourth-order valence-electron chi connectivity index (χ4n) is 0.966. The largest absolute Gasteiger partial charge is 0.220 e. The number of halogens is 2. The Morgan fingerprint density at radius 3 is 2.85 bits per heavy atom. The number of aromatic nitrogens is 3. The molecule has 0 fully saturated rings. The van der Waals surface area contributed by atoms with Crippen LogP contribution < -0.4 is 0 Å². The summed E-state index contributed by atoms with van der Waals surface area (Å²) >= 11 is 10.7. The number of thiazole rings is 1.